The third-order valence-electron chi connectivity index (χ3n) is 4.06. The van der Waals surface area contributed by atoms with Crippen LogP contribution in [0.3, 0.4) is 0 Å². The summed E-state index contributed by atoms with van der Waals surface area (Å²) in [6, 6.07) is 13.5. The maximum absolute atomic E-state index is 12.4. The number of nitrogens with zero attached hydrogens (tertiary/aromatic N) is 3. The predicted molar refractivity (Wildman–Crippen MR) is 115 cm³/mol. The molecule has 8 heteroatoms. The molecule has 0 fully saturated rings. The zero-order valence-electron chi connectivity index (χ0n) is 14.6. The molecule has 0 radical (unpaired) electrons. The first-order valence-electron chi connectivity index (χ1n) is 8.47. The van der Waals surface area contributed by atoms with Crippen LogP contribution in [-0.4, -0.2) is 20.7 Å². The van der Waals surface area contributed by atoms with E-state index in [1.165, 1.54) is 11.3 Å². The molecule has 4 aromatic rings. The maximum Gasteiger partial charge on any atom is 0.222 e. The van der Waals surface area contributed by atoms with E-state index in [-0.39, 0.29) is 11.1 Å². The van der Waals surface area contributed by atoms with Gasteiger partial charge in [-0.1, -0.05) is 35.6 Å². The van der Waals surface area contributed by atoms with Crippen LogP contribution >= 0.6 is 34.3 Å². The van der Waals surface area contributed by atoms with Crippen molar-refractivity contribution in [1.29, 1.82) is 0 Å². The van der Waals surface area contributed by atoms with Gasteiger partial charge in [0.1, 0.15) is 5.78 Å². The number of rotatable bonds is 6. The number of nitrogen functional groups attached to an aromatic ring is 1. The summed E-state index contributed by atoms with van der Waals surface area (Å²) in [5.41, 5.74) is 9.19. The summed E-state index contributed by atoms with van der Waals surface area (Å²) >= 11 is 8.88. The number of thiophene rings is 1. The van der Waals surface area contributed by atoms with Crippen molar-refractivity contribution in [1.82, 2.24) is 15.0 Å². The highest BCUT2D eigenvalue weighted by molar-refractivity contribution is 7.19. The fourth-order valence-corrected chi connectivity index (χ4v) is 4.60. The van der Waals surface area contributed by atoms with Crippen molar-refractivity contribution >= 4 is 45.2 Å². The summed E-state index contributed by atoms with van der Waals surface area (Å²) in [7, 11) is 0. The van der Waals surface area contributed by atoms with Gasteiger partial charge in [0.15, 0.2) is 5.13 Å². The summed E-state index contributed by atoms with van der Waals surface area (Å²) in [6.07, 6.45) is 2.43. The number of hydrogen-bond acceptors (Lipinski definition) is 7. The van der Waals surface area contributed by atoms with Crippen LogP contribution in [0.4, 0.5) is 5.13 Å². The minimum atomic E-state index is 0.170. The van der Waals surface area contributed by atoms with Crippen LogP contribution in [-0.2, 0) is 17.6 Å². The molecule has 0 aliphatic carbocycles. The second-order valence-corrected chi connectivity index (χ2v) is 8.51. The largest absolute Gasteiger partial charge is 0.375 e. The molecule has 4 rings (SSSR count). The number of halogens is 1. The van der Waals surface area contributed by atoms with E-state index in [9.17, 15) is 4.79 Å². The van der Waals surface area contributed by atoms with Gasteiger partial charge >= 0.3 is 0 Å². The Hall–Kier alpha value is -2.61. The minimum absolute atomic E-state index is 0.170. The number of anilines is 1. The first-order chi connectivity index (χ1) is 13.6. The molecule has 0 spiro atoms. The van der Waals surface area contributed by atoms with Crippen molar-refractivity contribution < 1.29 is 4.79 Å². The van der Waals surface area contributed by atoms with E-state index >= 15 is 0 Å². The highest BCUT2D eigenvalue weighted by Gasteiger charge is 2.16. The number of nitrogens with two attached hydrogens (primary N) is 1. The molecule has 3 heterocycles. The average molecular weight is 427 g/mol. The first kappa shape index (κ1) is 18.7. The standard InChI is InChI=1S/C20H15ClN4OS2/c21-19-23-7-6-16(24-19)18-17(25-20(22)28-18)13-4-1-3-12(9-13)10-14(26)11-15-5-2-8-27-15/h1-9H,10-11H2,(H2,22,25). The number of thiazole rings is 1. The van der Waals surface area contributed by atoms with Gasteiger partial charge in [-0.05, 0) is 40.7 Å². The number of ketones is 1. The number of benzene rings is 1. The average Bonchev–Trinajstić information content (AvgIpc) is 3.31. The van der Waals surface area contributed by atoms with Gasteiger partial charge in [0.25, 0.3) is 0 Å². The fourth-order valence-electron chi connectivity index (χ4n) is 2.89. The Morgan fingerprint density at radius 2 is 2.00 bits per heavy atom. The SMILES string of the molecule is Nc1nc(-c2cccc(CC(=O)Cc3cccs3)c2)c(-c2ccnc(Cl)n2)s1. The van der Waals surface area contributed by atoms with Crippen molar-refractivity contribution in [3.63, 3.8) is 0 Å². The second kappa shape index (κ2) is 8.18. The van der Waals surface area contributed by atoms with E-state index in [0.29, 0.717) is 23.7 Å². The van der Waals surface area contributed by atoms with E-state index in [2.05, 4.69) is 15.0 Å². The molecular weight excluding hydrogens is 412 g/mol. The Morgan fingerprint density at radius 1 is 1.11 bits per heavy atom. The molecule has 1 aromatic carbocycles. The molecule has 5 nitrogen and oxygen atoms in total. The van der Waals surface area contributed by atoms with E-state index in [4.69, 9.17) is 17.3 Å². The quantitative estimate of drug-likeness (QED) is 0.442. The van der Waals surface area contributed by atoms with Crippen molar-refractivity contribution in [2.45, 2.75) is 12.8 Å². The maximum atomic E-state index is 12.4. The summed E-state index contributed by atoms with van der Waals surface area (Å²) < 4.78 is 0. The van der Waals surface area contributed by atoms with Gasteiger partial charge in [0.2, 0.25) is 5.28 Å². The third-order valence-corrected chi connectivity index (χ3v) is 6.02. The molecule has 0 aliphatic heterocycles. The smallest absolute Gasteiger partial charge is 0.222 e. The van der Waals surface area contributed by atoms with Crippen LogP contribution in [0, 0.1) is 0 Å². The molecule has 28 heavy (non-hydrogen) atoms. The molecule has 0 bridgehead atoms. The number of aromatic nitrogens is 3. The molecule has 2 N–H and O–H groups in total. The van der Waals surface area contributed by atoms with Crippen LogP contribution in [0.5, 0.6) is 0 Å². The Kier molecular flexibility index (Phi) is 5.47. The highest BCUT2D eigenvalue weighted by Crippen LogP contribution is 2.37. The Morgan fingerprint density at radius 3 is 2.79 bits per heavy atom. The first-order valence-corrected chi connectivity index (χ1v) is 10.5. The van der Waals surface area contributed by atoms with Crippen LogP contribution in [0.1, 0.15) is 10.4 Å². The zero-order chi connectivity index (χ0) is 19.5. The second-order valence-electron chi connectivity index (χ2n) is 6.11. The van der Waals surface area contributed by atoms with E-state index in [0.717, 1.165) is 26.6 Å². The van der Waals surface area contributed by atoms with E-state index < -0.39 is 0 Å². The number of carbonyl (C=O) groups excluding carboxylic acids is 1. The van der Waals surface area contributed by atoms with Crippen LogP contribution < -0.4 is 5.73 Å². The van der Waals surface area contributed by atoms with Gasteiger partial charge in [-0.2, -0.15) is 0 Å². The summed E-state index contributed by atoms with van der Waals surface area (Å²) in [4.78, 5) is 27.0. The van der Waals surface area contributed by atoms with Gasteiger partial charge < -0.3 is 5.73 Å². The Labute approximate surface area is 174 Å². The van der Waals surface area contributed by atoms with Gasteiger partial charge in [0.05, 0.1) is 16.3 Å². The Balaban J connectivity index is 1.62. The summed E-state index contributed by atoms with van der Waals surface area (Å²) in [5, 5.41) is 2.60. The molecule has 140 valence electrons. The van der Waals surface area contributed by atoms with Crippen molar-refractivity contribution in [3.8, 4) is 21.8 Å². The molecule has 3 aromatic heterocycles. The van der Waals surface area contributed by atoms with Crippen LogP contribution in [0.15, 0.2) is 54.0 Å². The summed E-state index contributed by atoms with van der Waals surface area (Å²) in [6.45, 7) is 0. The molecular formula is C20H15ClN4OS2. The third kappa shape index (κ3) is 4.27. The molecule has 0 atom stereocenters. The van der Waals surface area contributed by atoms with Gasteiger partial charge in [-0.15, -0.1) is 11.3 Å². The number of Topliss-reactive ketones (excluding diaryl/α,β-unsaturated/α-hetero) is 1. The predicted octanol–water partition coefficient (Wildman–Crippen LogP) is 4.92. The van der Waals surface area contributed by atoms with E-state index in [1.54, 1.807) is 23.6 Å². The zero-order valence-corrected chi connectivity index (χ0v) is 17.0. The number of hydrogen-bond donors (Lipinski definition) is 1. The lowest BCUT2D eigenvalue weighted by molar-refractivity contribution is -0.117. The molecule has 0 unspecified atom stereocenters. The monoisotopic (exact) mass is 426 g/mol. The van der Waals surface area contributed by atoms with Crippen LogP contribution in [0.2, 0.25) is 5.28 Å². The molecule has 0 saturated carbocycles. The molecule has 0 aliphatic rings. The lowest BCUT2D eigenvalue weighted by Crippen LogP contribution is -2.05. The van der Waals surface area contributed by atoms with Crippen molar-refractivity contribution in [3.05, 3.63) is 69.8 Å². The molecule has 0 saturated heterocycles. The molecule has 0 amide bonds. The normalized spacial score (nSPS) is 10.9. The van der Waals surface area contributed by atoms with E-state index in [1.807, 2.05) is 41.8 Å². The highest BCUT2D eigenvalue weighted by atomic mass is 35.5. The lowest BCUT2D eigenvalue weighted by atomic mass is 10.0. The van der Waals surface area contributed by atoms with Crippen LogP contribution in [0.25, 0.3) is 21.8 Å². The van der Waals surface area contributed by atoms with Gasteiger partial charge in [-0.25, -0.2) is 15.0 Å². The van der Waals surface area contributed by atoms with Crippen molar-refractivity contribution in [2.24, 2.45) is 0 Å². The topological polar surface area (TPSA) is 81.8 Å². The Bertz CT molecular complexity index is 1120. The fraction of sp³-hybridized carbons (Fsp3) is 0.100. The summed E-state index contributed by atoms with van der Waals surface area (Å²) in [5.74, 6) is 0.181. The minimum Gasteiger partial charge on any atom is -0.375 e. The number of carbonyl (C=O) groups is 1. The van der Waals surface area contributed by atoms with Gasteiger partial charge in [0, 0.05) is 29.5 Å². The lowest BCUT2D eigenvalue weighted by Gasteiger charge is -2.06. The van der Waals surface area contributed by atoms with Crippen molar-refractivity contribution in [2.75, 3.05) is 5.73 Å². The van der Waals surface area contributed by atoms with Gasteiger partial charge in [-0.3, -0.25) is 4.79 Å².